The average Bonchev–Trinajstić information content (AvgIpc) is 3.20. The van der Waals surface area contributed by atoms with Gasteiger partial charge >= 0.3 is 0 Å². The summed E-state index contributed by atoms with van der Waals surface area (Å²) in [4.78, 5) is 25.4. The summed E-state index contributed by atoms with van der Waals surface area (Å²) in [6, 6.07) is 7.41. The van der Waals surface area contributed by atoms with Gasteiger partial charge in [-0.1, -0.05) is 0 Å². The molecule has 2 saturated heterocycles. The zero-order valence-electron chi connectivity index (χ0n) is 13.2. The summed E-state index contributed by atoms with van der Waals surface area (Å²) in [5.74, 6) is 0.0908. The van der Waals surface area contributed by atoms with Crippen LogP contribution in [0.15, 0.2) is 24.3 Å². The second-order valence-corrected chi connectivity index (χ2v) is 6.01. The fraction of sp³-hybridized carbons (Fsp3) is 0.529. The Labute approximate surface area is 136 Å². The molecule has 6 heteroatoms. The van der Waals surface area contributed by atoms with Gasteiger partial charge in [0.2, 0.25) is 11.8 Å². The molecular weight excluding hydrogens is 294 g/mol. The summed E-state index contributed by atoms with van der Waals surface area (Å²) in [5.41, 5.74) is 1.63. The highest BCUT2D eigenvalue weighted by Gasteiger charge is 2.21. The van der Waals surface area contributed by atoms with Crippen LogP contribution in [0.25, 0.3) is 0 Å². The van der Waals surface area contributed by atoms with Gasteiger partial charge in [-0.05, 0) is 43.5 Å². The molecule has 1 aromatic rings. The first-order chi connectivity index (χ1) is 11.2. The van der Waals surface area contributed by atoms with E-state index in [1.54, 1.807) is 4.90 Å². The van der Waals surface area contributed by atoms with Gasteiger partial charge in [-0.15, -0.1) is 0 Å². The van der Waals surface area contributed by atoms with E-state index in [2.05, 4.69) is 10.6 Å². The van der Waals surface area contributed by atoms with Crippen molar-refractivity contribution in [1.29, 1.82) is 0 Å². The Morgan fingerprint density at radius 3 is 2.74 bits per heavy atom. The second-order valence-electron chi connectivity index (χ2n) is 6.01. The summed E-state index contributed by atoms with van der Waals surface area (Å²) in [5, 5.41) is 5.97. The molecule has 2 N–H and O–H groups in total. The number of rotatable bonds is 6. The van der Waals surface area contributed by atoms with E-state index in [0.29, 0.717) is 13.0 Å². The maximum Gasteiger partial charge on any atom is 0.238 e. The van der Waals surface area contributed by atoms with Crippen LogP contribution in [0, 0.1) is 0 Å². The minimum absolute atomic E-state index is 0.0759. The van der Waals surface area contributed by atoms with Crippen molar-refractivity contribution in [2.75, 3.05) is 36.5 Å². The van der Waals surface area contributed by atoms with Gasteiger partial charge in [0.1, 0.15) is 0 Å². The van der Waals surface area contributed by atoms with E-state index in [9.17, 15) is 9.59 Å². The van der Waals surface area contributed by atoms with E-state index < -0.39 is 0 Å². The van der Waals surface area contributed by atoms with Crippen LogP contribution in [0.3, 0.4) is 0 Å². The predicted molar refractivity (Wildman–Crippen MR) is 88.5 cm³/mol. The van der Waals surface area contributed by atoms with Crippen molar-refractivity contribution in [2.45, 2.75) is 31.8 Å². The Bertz CT molecular complexity index is 553. The second kappa shape index (κ2) is 7.57. The number of carbonyl (C=O) groups excluding carboxylic acids is 2. The fourth-order valence-corrected chi connectivity index (χ4v) is 3.00. The maximum atomic E-state index is 11.9. The number of hydrogen-bond donors (Lipinski definition) is 2. The zero-order valence-corrected chi connectivity index (χ0v) is 13.2. The van der Waals surface area contributed by atoms with Gasteiger partial charge in [0.05, 0.1) is 12.6 Å². The fourth-order valence-electron chi connectivity index (χ4n) is 3.00. The number of benzene rings is 1. The number of amides is 2. The van der Waals surface area contributed by atoms with Crippen LogP contribution in [0.4, 0.5) is 11.4 Å². The minimum Gasteiger partial charge on any atom is -0.377 e. The maximum absolute atomic E-state index is 11.9. The van der Waals surface area contributed by atoms with Gasteiger partial charge in [-0.25, -0.2) is 0 Å². The van der Waals surface area contributed by atoms with E-state index in [1.807, 2.05) is 24.3 Å². The molecule has 2 aliphatic rings. The first kappa shape index (κ1) is 16.0. The zero-order chi connectivity index (χ0) is 16.1. The molecule has 0 spiro atoms. The van der Waals surface area contributed by atoms with Crippen LogP contribution in [-0.2, 0) is 14.3 Å². The van der Waals surface area contributed by atoms with Crippen molar-refractivity contribution in [1.82, 2.24) is 5.32 Å². The molecule has 2 amide bonds. The topological polar surface area (TPSA) is 70.7 Å². The molecule has 2 heterocycles. The molecule has 124 valence electrons. The highest BCUT2D eigenvalue weighted by atomic mass is 16.5. The molecule has 1 unspecified atom stereocenters. The van der Waals surface area contributed by atoms with E-state index >= 15 is 0 Å². The Hall–Kier alpha value is -1.92. The van der Waals surface area contributed by atoms with Crippen LogP contribution in [-0.4, -0.2) is 44.2 Å². The van der Waals surface area contributed by atoms with Gasteiger partial charge in [0.15, 0.2) is 0 Å². The molecule has 6 nitrogen and oxygen atoms in total. The molecular formula is C17H23N3O3. The van der Waals surface area contributed by atoms with Crippen LogP contribution in [0.5, 0.6) is 0 Å². The monoisotopic (exact) mass is 317 g/mol. The van der Waals surface area contributed by atoms with Crippen molar-refractivity contribution < 1.29 is 14.3 Å². The summed E-state index contributed by atoms with van der Waals surface area (Å²) in [7, 11) is 0. The molecule has 0 bridgehead atoms. The number of carbonyl (C=O) groups is 2. The minimum atomic E-state index is -0.0759. The van der Waals surface area contributed by atoms with E-state index in [4.69, 9.17) is 4.74 Å². The predicted octanol–water partition coefficient (Wildman–Crippen LogP) is 1.52. The number of nitrogens with zero attached hydrogens (tertiary/aromatic N) is 1. The number of ether oxygens (including phenoxy) is 1. The Morgan fingerprint density at radius 1 is 1.26 bits per heavy atom. The Morgan fingerprint density at radius 2 is 2.09 bits per heavy atom. The van der Waals surface area contributed by atoms with E-state index in [0.717, 1.165) is 43.8 Å². The lowest BCUT2D eigenvalue weighted by Crippen LogP contribution is -2.33. The first-order valence-corrected chi connectivity index (χ1v) is 8.25. The van der Waals surface area contributed by atoms with Crippen molar-refractivity contribution in [2.24, 2.45) is 0 Å². The lowest BCUT2D eigenvalue weighted by molar-refractivity contribution is -0.117. The molecule has 0 aliphatic carbocycles. The standard InChI is InChI=1S/C17H23N3O3/c21-16(12-18-11-15-3-2-10-23-15)19-13-5-7-14(8-6-13)20-9-1-4-17(20)22/h5-8,15,18H,1-4,9-12H2,(H,19,21). The van der Waals surface area contributed by atoms with Crippen LogP contribution >= 0.6 is 0 Å². The molecule has 0 aromatic heterocycles. The number of anilines is 2. The summed E-state index contributed by atoms with van der Waals surface area (Å²) in [6.07, 6.45) is 3.93. The van der Waals surface area contributed by atoms with Gasteiger partial charge in [-0.2, -0.15) is 0 Å². The lowest BCUT2D eigenvalue weighted by atomic mass is 10.2. The molecule has 0 radical (unpaired) electrons. The normalized spacial score (nSPS) is 21.0. The SMILES string of the molecule is O=C(CNCC1CCCO1)Nc1ccc(N2CCCC2=O)cc1. The Kier molecular flexibility index (Phi) is 5.25. The highest BCUT2D eigenvalue weighted by molar-refractivity contribution is 5.96. The van der Waals surface area contributed by atoms with E-state index in [-0.39, 0.29) is 24.5 Å². The molecule has 0 saturated carbocycles. The van der Waals surface area contributed by atoms with Crippen LogP contribution in [0.2, 0.25) is 0 Å². The average molecular weight is 317 g/mol. The summed E-state index contributed by atoms with van der Waals surface area (Å²) >= 11 is 0. The third-order valence-electron chi connectivity index (χ3n) is 4.22. The molecule has 23 heavy (non-hydrogen) atoms. The third-order valence-corrected chi connectivity index (χ3v) is 4.22. The van der Waals surface area contributed by atoms with Gasteiger partial charge < -0.3 is 20.3 Å². The van der Waals surface area contributed by atoms with Gasteiger partial charge in [0.25, 0.3) is 0 Å². The smallest absolute Gasteiger partial charge is 0.238 e. The lowest BCUT2D eigenvalue weighted by Gasteiger charge is -2.16. The molecule has 3 rings (SSSR count). The number of hydrogen-bond acceptors (Lipinski definition) is 4. The molecule has 1 atom stereocenters. The largest absolute Gasteiger partial charge is 0.377 e. The van der Waals surface area contributed by atoms with Crippen molar-refractivity contribution >= 4 is 23.2 Å². The molecule has 2 aliphatic heterocycles. The molecule has 1 aromatic carbocycles. The van der Waals surface area contributed by atoms with Crippen molar-refractivity contribution in [3.8, 4) is 0 Å². The van der Waals surface area contributed by atoms with Gasteiger partial charge in [-0.3, -0.25) is 9.59 Å². The van der Waals surface area contributed by atoms with Crippen molar-refractivity contribution in [3.05, 3.63) is 24.3 Å². The quantitative estimate of drug-likeness (QED) is 0.834. The van der Waals surface area contributed by atoms with Crippen LogP contribution < -0.4 is 15.5 Å². The number of nitrogens with one attached hydrogen (secondary N) is 2. The van der Waals surface area contributed by atoms with Crippen molar-refractivity contribution in [3.63, 3.8) is 0 Å². The molecule has 2 fully saturated rings. The Balaban J connectivity index is 1.44. The van der Waals surface area contributed by atoms with E-state index in [1.165, 1.54) is 0 Å². The summed E-state index contributed by atoms with van der Waals surface area (Å²) in [6.45, 7) is 2.58. The summed E-state index contributed by atoms with van der Waals surface area (Å²) < 4.78 is 5.50. The first-order valence-electron chi connectivity index (χ1n) is 8.25. The van der Waals surface area contributed by atoms with Gasteiger partial charge in [0, 0.05) is 37.5 Å². The highest BCUT2D eigenvalue weighted by Crippen LogP contribution is 2.22. The van der Waals surface area contributed by atoms with Crippen LogP contribution in [0.1, 0.15) is 25.7 Å². The third kappa shape index (κ3) is 4.30.